The minimum absolute atomic E-state index is 0.0401. The van der Waals surface area contributed by atoms with Gasteiger partial charge in [0, 0.05) is 25.2 Å². The molecule has 1 amide bonds. The molecule has 1 aliphatic heterocycles. The lowest BCUT2D eigenvalue weighted by Gasteiger charge is -2.40. The van der Waals surface area contributed by atoms with Crippen molar-refractivity contribution in [1.82, 2.24) is 10.2 Å². The fourth-order valence-electron chi connectivity index (χ4n) is 1.67. The van der Waals surface area contributed by atoms with Gasteiger partial charge in [-0.05, 0) is 27.7 Å². The molecule has 0 bridgehead atoms. The summed E-state index contributed by atoms with van der Waals surface area (Å²) in [5, 5.41) is 3.33. The van der Waals surface area contributed by atoms with Crippen LogP contribution in [0.4, 0.5) is 0 Å². The Morgan fingerprint density at radius 2 is 2.07 bits per heavy atom. The maximum atomic E-state index is 11.9. The van der Waals surface area contributed by atoms with E-state index in [2.05, 4.69) is 12.2 Å². The molecule has 0 aromatic carbocycles. The van der Waals surface area contributed by atoms with E-state index in [0.29, 0.717) is 6.04 Å². The molecular weight excluding hydrogens is 178 g/mol. The molecule has 0 aromatic rings. The number of nitrogens with one attached hydrogen (secondary N) is 1. The van der Waals surface area contributed by atoms with Gasteiger partial charge in [0.05, 0.1) is 5.54 Å². The highest BCUT2D eigenvalue weighted by atomic mass is 16.2. The summed E-state index contributed by atoms with van der Waals surface area (Å²) in [6.45, 7) is 9.24. The van der Waals surface area contributed by atoms with Crippen molar-refractivity contribution < 1.29 is 4.79 Å². The second-order valence-corrected chi connectivity index (χ2v) is 4.84. The van der Waals surface area contributed by atoms with Crippen molar-refractivity contribution >= 4 is 5.91 Å². The second kappa shape index (κ2) is 3.87. The number of hydrogen-bond donors (Lipinski definition) is 2. The molecule has 0 radical (unpaired) electrons. The summed E-state index contributed by atoms with van der Waals surface area (Å²) < 4.78 is 0. The predicted molar refractivity (Wildman–Crippen MR) is 56.9 cm³/mol. The molecule has 4 nitrogen and oxygen atoms in total. The molecular formula is C10H21N3O. The standard InChI is InChI=1S/C10H21N3O/c1-7-6-13(8(2)5-12-7)9(14)10(3,4)11/h7-8,12H,5-6,11H2,1-4H3/t7-,8+/m0/s1. The van der Waals surface area contributed by atoms with Crippen LogP contribution in [0.5, 0.6) is 0 Å². The van der Waals surface area contributed by atoms with Crippen LogP contribution < -0.4 is 11.1 Å². The SMILES string of the molecule is C[C@@H]1CN[C@@H](C)CN1C(=O)C(C)(C)N. The summed E-state index contributed by atoms with van der Waals surface area (Å²) in [6, 6.07) is 0.596. The number of carbonyl (C=O) groups excluding carboxylic acids is 1. The quantitative estimate of drug-likeness (QED) is 0.621. The van der Waals surface area contributed by atoms with Crippen molar-refractivity contribution in [2.45, 2.75) is 45.3 Å². The molecule has 0 aromatic heterocycles. The van der Waals surface area contributed by atoms with Crippen LogP contribution in [0.1, 0.15) is 27.7 Å². The average Bonchev–Trinajstić information content (AvgIpc) is 2.06. The third-order valence-electron chi connectivity index (χ3n) is 2.58. The van der Waals surface area contributed by atoms with Crippen molar-refractivity contribution in [3.8, 4) is 0 Å². The van der Waals surface area contributed by atoms with Gasteiger partial charge in [-0.25, -0.2) is 0 Å². The number of hydrogen-bond acceptors (Lipinski definition) is 3. The van der Waals surface area contributed by atoms with Crippen LogP contribution >= 0.6 is 0 Å². The maximum absolute atomic E-state index is 11.9. The Hall–Kier alpha value is -0.610. The Labute approximate surface area is 85.8 Å². The molecule has 0 saturated carbocycles. The van der Waals surface area contributed by atoms with Crippen LogP contribution in [0, 0.1) is 0 Å². The zero-order valence-electron chi connectivity index (χ0n) is 9.50. The van der Waals surface area contributed by atoms with Gasteiger partial charge in [-0.15, -0.1) is 0 Å². The van der Waals surface area contributed by atoms with E-state index in [0.717, 1.165) is 13.1 Å². The van der Waals surface area contributed by atoms with Crippen molar-refractivity contribution in [3.63, 3.8) is 0 Å². The predicted octanol–water partition coefficient (Wildman–Crippen LogP) is -0.0675. The Morgan fingerprint density at radius 3 is 2.57 bits per heavy atom. The minimum atomic E-state index is -0.759. The normalized spacial score (nSPS) is 29.1. The molecule has 2 atom stereocenters. The summed E-state index contributed by atoms with van der Waals surface area (Å²) in [5.41, 5.74) is 5.05. The van der Waals surface area contributed by atoms with Crippen LogP contribution in [-0.2, 0) is 4.79 Å². The number of amides is 1. The Morgan fingerprint density at radius 1 is 1.50 bits per heavy atom. The molecule has 4 heteroatoms. The summed E-state index contributed by atoms with van der Waals surface area (Å²) in [6.07, 6.45) is 0. The van der Waals surface area contributed by atoms with Crippen LogP contribution in [0.15, 0.2) is 0 Å². The summed E-state index contributed by atoms with van der Waals surface area (Å²) in [4.78, 5) is 13.8. The van der Waals surface area contributed by atoms with Crippen molar-refractivity contribution in [2.75, 3.05) is 13.1 Å². The smallest absolute Gasteiger partial charge is 0.242 e. The van der Waals surface area contributed by atoms with E-state index in [-0.39, 0.29) is 11.9 Å². The monoisotopic (exact) mass is 199 g/mol. The molecule has 0 aliphatic carbocycles. The molecule has 1 aliphatic rings. The Kier molecular flexibility index (Phi) is 3.17. The first-order valence-corrected chi connectivity index (χ1v) is 5.15. The average molecular weight is 199 g/mol. The number of piperazine rings is 1. The first kappa shape index (κ1) is 11.5. The molecule has 1 heterocycles. The topological polar surface area (TPSA) is 58.4 Å². The van der Waals surface area contributed by atoms with E-state index in [4.69, 9.17) is 5.73 Å². The highest BCUT2D eigenvalue weighted by Gasteiger charge is 2.33. The van der Waals surface area contributed by atoms with E-state index in [1.165, 1.54) is 0 Å². The van der Waals surface area contributed by atoms with Crippen LogP contribution in [-0.4, -0.2) is 41.5 Å². The van der Waals surface area contributed by atoms with Gasteiger partial charge in [-0.3, -0.25) is 4.79 Å². The third kappa shape index (κ3) is 2.45. The molecule has 1 rings (SSSR count). The maximum Gasteiger partial charge on any atom is 0.242 e. The number of nitrogens with zero attached hydrogens (tertiary/aromatic N) is 1. The van der Waals surface area contributed by atoms with Gasteiger partial charge in [0.25, 0.3) is 0 Å². The van der Waals surface area contributed by atoms with E-state index >= 15 is 0 Å². The summed E-state index contributed by atoms with van der Waals surface area (Å²) in [7, 11) is 0. The third-order valence-corrected chi connectivity index (χ3v) is 2.58. The zero-order valence-corrected chi connectivity index (χ0v) is 9.50. The van der Waals surface area contributed by atoms with E-state index in [1.54, 1.807) is 13.8 Å². The van der Waals surface area contributed by atoms with Crippen molar-refractivity contribution in [3.05, 3.63) is 0 Å². The van der Waals surface area contributed by atoms with Gasteiger partial charge in [0.2, 0.25) is 5.91 Å². The van der Waals surface area contributed by atoms with Crippen LogP contribution in [0.25, 0.3) is 0 Å². The number of rotatable bonds is 1. The fraction of sp³-hybridized carbons (Fsp3) is 0.900. The number of nitrogens with two attached hydrogens (primary N) is 1. The van der Waals surface area contributed by atoms with Gasteiger partial charge in [0.15, 0.2) is 0 Å². The van der Waals surface area contributed by atoms with Gasteiger partial charge in [-0.1, -0.05) is 0 Å². The van der Waals surface area contributed by atoms with Gasteiger partial charge >= 0.3 is 0 Å². The van der Waals surface area contributed by atoms with E-state index < -0.39 is 5.54 Å². The molecule has 0 unspecified atom stereocenters. The van der Waals surface area contributed by atoms with Crippen LogP contribution in [0.2, 0.25) is 0 Å². The van der Waals surface area contributed by atoms with Crippen LogP contribution in [0.3, 0.4) is 0 Å². The van der Waals surface area contributed by atoms with Crippen molar-refractivity contribution in [2.24, 2.45) is 5.73 Å². The molecule has 0 spiro atoms. The van der Waals surface area contributed by atoms with Gasteiger partial charge in [0.1, 0.15) is 0 Å². The zero-order chi connectivity index (χ0) is 10.9. The molecule has 82 valence electrons. The van der Waals surface area contributed by atoms with Gasteiger partial charge < -0.3 is 16.0 Å². The summed E-state index contributed by atoms with van der Waals surface area (Å²) >= 11 is 0. The lowest BCUT2D eigenvalue weighted by molar-refractivity contribution is -0.139. The first-order valence-electron chi connectivity index (χ1n) is 5.15. The molecule has 1 saturated heterocycles. The Balaban J connectivity index is 2.70. The highest BCUT2D eigenvalue weighted by Crippen LogP contribution is 2.12. The molecule has 14 heavy (non-hydrogen) atoms. The second-order valence-electron chi connectivity index (χ2n) is 4.84. The van der Waals surface area contributed by atoms with Gasteiger partial charge in [-0.2, -0.15) is 0 Å². The fourth-order valence-corrected chi connectivity index (χ4v) is 1.67. The first-order chi connectivity index (χ1) is 6.32. The number of carbonyl (C=O) groups is 1. The van der Waals surface area contributed by atoms with Crippen molar-refractivity contribution in [1.29, 1.82) is 0 Å². The Bertz CT molecular complexity index is 222. The lowest BCUT2D eigenvalue weighted by Crippen LogP contribution is -2.62. The lowest BCUT2D eigenvalue weighted by atomic mass is 10.0. The van der Waals surface area contributed by atoms with E-state index in [9.17, 15) is 4.79 Å². The molecule has 3 N–H and O–H groups in total. The minimum Gasteiger partial charge on any atom is -0.336 e. The summed E-state index contributed by atoms with van der Waals surface area (Å²) in [5.74, 6) is 0.0401. The highest BCUT2D eigenvalue weighted by molar-refractivity contribution is 5.85. The largest absolute Gasteiger partial charge is 0.336 e. The van der Waals surface area contributed by atoms with E-state index in [1.807, 2.05) is 11.8 Å². The molecule has 1 fully saturated rings.